The molecular formula is C28H28ClN7O. The molecule has 3 aromatic heterocycles. The molecule has 0 amide bonds. The first kappa shape index (κ1) is 23.7. The topological polar surface area (TPSA) is 94.0 Å². The fourth-order valence-electron chi connectivity index (χ4n) is 5.57. The highest BCUT2D eigenvalue weighted by molar-refractivity contribution is 6.30. The van der Waals surface area contributed by atoms with Crippen molar-refractivity contribution in [2.45, 2.75) is 31.2 Å². The summed E-state index contributed by atoms with van der Waals surface area (Å²) in [5.41, 5.74) is 3.84. The molecule has 2 fully saturated rings. The van der Waals surface area contributed by atoms with E-state index in [1.54, 1.807) is 12.4 Å². The van der Waals surface area contributed by atoms with Crippen LogP contribution in [0.25, 0.3) is 22.3 Å². The number of piperidine rings is 1. The van der Waals surface area contributed by atoms with Gasteiger partial charge in [-0.05, 0) is 67.8 Å². The molecule has 8 nitrogen and oxygen atoms in total. The Balaban J connectivity index is 1.46. The Morgan fingerprint density at radius 3 is 2.62 bits per heavy atom. The van der Waals surface area contributed by atoms with Crippen molar-refractivity contribution in [1.82, 2.24) is 20.2 Å². The van der Waals surface area contributed by atoms with E-state index in [1.165, 1.54) is 0 Å². The Hall–Kier alpha value is -3.67. The van der Waals surface area contributed by atoms with Crippen LogP contribution in [0.5, 0.6) is 0 Å². The number of nitriles is 1. The molecule has 2 aliphatic rings. The molecule has 188 valence electrons. The maximum atomic E-state index is 10.7. The van der Waals surface area contributed by atoms with E-state index in [9.17, 15) is 5.26 Å². The molecule has 1 unspecified atom stereocenters. The van der Waals surface area contributed by atoms with Gasteiger partial charge in [-0.3, -0.25) is 10.1 Å². The summed E-state index contributed by atoms with van der Waals surface area (Å²) in [6, 6.07) is 16.9. The number of hydrogen-bond acceptors (Lipinski definition) is 7. The number of morpholine rings is 1. The molecule has 0 radical (unpaired) electrons. The number of halogens is 1. The second-order valence-electron chi connectivity index (χ2n) is 9.83. The monoisotopic (exact) mass is 513 g/mol. The van der Waals surface area contributed by atoms with Gasteiger partial charge in [0.05, 0.1) is 36.4 Å². The predicted molar refractivity (Wildman–Crippen MR) is 145 cm³/mol. The molecule has 6 rings (SSSR count). The number of ether oxygens (including phenoxy) is 1. The van der Waals surface area contributed by atoms with Crippen LogP contribution in [0.1, 0.15) is 25.3 Å². The van der Waals surface area contributed by atoms with Gasteiger partial charge in [0, 0.05) is 48.1 Å². The number of pyridine rings is 2. The maximum absolute atomic E-state index is 10.7. The number of fused-ring (bicyclic) bond motifs is 1. The van der Waals surface area contributed by atoms with E-state index in [0.717, 1.165) is 64.0 Å². The Bertz CT molecular complexity index is 1440. The van der Waals surface area contributed by atoms with Gasteiger partial charge in [0.15, 0.2) is 0 Å². The van der Waals surface area contributed by atoms with E-state index in [4.69, 9.17) is 21.3 Å². The van der Waals surface area contributed by atoms with E-state index >= 15 is 0 Å². The molecule has 5 heterocycles. The van der Waals surface area contributed by atoms with E-state index in [-0.39, 0.29) is 6.04 Å². The summed E-state index contributed by atoms with van der Waals surface area (Å²) in [4.78, 5) is 14.4. The van der Waals surface area contributed by atoms with Crippen LogP contribution >= 0.6 is 11.6 Å². The molecule has 0 saturated carbocycles. The third kappa shape index (κ3) is 4.28. The van der Waals surface area contributed by atoms with Gasteiger partial charge in [-0.2, -0.15) is 10.4 Å². The Morgan fingerprint density at radius 2 is 1.92 bits per heavy atom. The van der Waals surface area contributed by atoms with Crippen molar-refractivity contribution in [3.05, 3.63) is 65.4 Å². The molecule has 1 atom stereocenters. The van der Waals surface area contributed by atoms with Gasteiger partial charge in [0.1, 0.15) is 17.0 Å². The molecule has 9 heteroatoms. The average Bonchev–Trinajstić information content (AvgIpc) is 3.48. The van der Waals surface area contributed by atoms with Crippen LogP contribution in [0.4, 0.5) is 11.5 Å². The fourth-order valence-corrected chi connectivity index (χ4v) is 5.70. The van der Waals surface area contributed by atoms with Crippen molar-refractivity contribution in [2.24, 2.45) is 0 Å². The standard InChI is InChI=1S/C28H28ClN7O/c1-19-17-37-15-14-36(19)25-16-23(22-6-10-31-27(26(22)33-25)24-7-11-32-34-24)28(18-30)8-12-35(13-9-28)21-4-2-20(29)3-5-21/h2-7,10-11,16,19H,8-9,12-15,17H2,1H3,(H,32,34). The number of anilines is 2. The van der Waals surface area contributed by atoms with Crippen LogP contribution in [0.3, 0.4) is 0 Å². The highest BCUT2D eigenvalue weighted by Gasteiger charge is 2.39. The van der Waals surface area contributed by atoms with Gasteiger partial charge in [0.2, 0.25) is 0 Å². The largest absolute Gasteiger partial charge is 0.377 e. The smallest absolute Gasteiger partial charge is 0.130 e. The minimum atomic E-state index is -0.638. The third-order valence-corrected chi connectivity index (χ3v) is 7.92. The Kier molecular flexibility index (Phi) is 6.19. The van der Waals surface area contributed by atoms with E-state index < -0.39 is 5.41 Å². The lowest BCUT2D eigenvalue weighted by Gasteiger charge is -2.40. The first-order valence-corrected chi connectivity index (χ1v) is 13.0. The summed E-state index contributed by atoms with van der Waals surface area (Å²) in [5.74, 6) is 0.863. The fraction of sp³-hybridized carbons (Fsp3) is 0.357. The summed E-state index contributed by atoms with van der Waals surface area (Å²) in [5, 5.41) is 19.5. The number of hydrogen-bond donors (Lipinski definition) is 1. The third-order valence-electron chi connectivity index (χ3n) is 7.67. The molecule has 0 aliphatic carbocycles. The van der Waals surface area contributed by atoms with Gasteiger partial charge in [-0.1, -0.05) is 11.6 Å². The van der Waals surface area contributed by atoms with Crippen molar-refractivity contribution in [3.8, 4) is 17.5 Å². The number of nitrogens with zero attached hydrogens (tertiary/aromatic N) is 6. The van der Waals surface area contributed by atoms with Crippen LogP contribution in [-0.2, 0) is 10.2 Å². The minimum Gasteiger partial charge on any atom is -0.377 e. The Morgan fingerprint density at radius 1 is 1.11 bits per heavy atom. The van der Waals surface area contributed by atoms with E-state index in [1.807, 2.05) is 36.4 Å². The highest BCUT2D eigenvalue weighted by atomic mass is 35.5. The van der Waals surface area contributed by atoms with Crippen molar-refractivity contribution < 1.29 is 4.74 Å². The quantitative estimate of drug-likeness (QED) is 0.412. The van der Waals surface area contributed by atoms with E-state index in [2.05, 4.69) is 44.0 Å². The average molecular weight is 514 g/mol. The molecular weight excluding hydrogens is 486 g/mol. The number of benzene rings is 1. The lowest BCUT2D eigenvalue weighted by molar-refractivity contribution is 0.0985. The summed E-state index contributed by atoms with van der Waals surface area (Å²) >= 11 is 6.10. The summed E-state index contributed by atoms with van der Waals surface area (Å²) < 4.78 is 5.69. The molecule has 4 aromatic rings. The van der Waals surface area contributed by atoms with Crippen LogP contribution in [0.15, 0.2) is 54.9 Å². The van der Waals surface area contributed by atoms with Crippen molar-refractivity contribution in [2.75, 3.05) is 42.6 Å². The number of rotatable bonds is 4. The SMILES string of the molecule is CC1COCCN1c1cc(C2(C#N)CCN(c3ccc(Cl)cc3)CC2)c2ccnc(-c3ccn[nH]3)c2n1. The van der Waals surface area contributed by atoms with Crippen molar-refractivity contribution in [1.29, 1.82) is 5.26 Å². The highest BCUT2D eigenvalue weighted by Crippen LogP contribution is 2.42. The number of nitrogens with one attached hydrogen (secondary N) is 1. The predicted octanol–water partition coefficient (Wildman–Crippen LogP) is 4.96. The van der Waals surface area contributed by atoms with Gasteiger partial charge < -0.3 is 14.5 Å². The minimum absolute atomic E-state index is 0.184. The van der Waals surface area contributed by atoms with Crippen molar-refractivity contribution in [3.63, 3.8) is 0 Å². The van der Waals surface area contributed by atoms with Crippen LogP contribution < -0.4 is 9.80 Å². The lowest BCUT2D eigenvalue weighted by Crippen LogP contribution is -2.45. The second kappa shape index (κ2) is 9.66. The zero-order valence-electron chi connectivity index (χ0n) is 20.7. The van der Waals surface area contributed by atoms with Crippen LogP contribution in [0.2, 0.25) is 5.02 Å². The molecule has 1 aromatic carbocycles. The molecule has 0 bridgehead atoms. The van der Waals surface area contributed by atoms with Gasteiger partial charge in [0.25, 0.3) is 0 Å². The van der Waals surface area contributed by atoms with Crippen LogP contribution in [-0.4, -0.2) is 59.1 Å². The number of aromatic amines is 1. The first-order valence-electron chi connectivity index (χ1n) is 12.6. The van der Waals surface area contributed by atoms with Crippen LogP contribution in [0, 0.1) is 11.3 Å². The summed E-state index contributed by atoms with van der Waals surface area (Å²) in [6.07, 6.45) is 4.94. The number of H-pyrrole nitrogens is 1. The van der Waals surface area contributed by atoms with Gasteiger partial charge in [-0.15, -0.1) is 0 Å². The summed E-state index contributed by atoms with van der Waals surface area (Å²) in [7, 11) is 0. The first-order chi connectivity index (χ1) is 18.1. The lowest BCUT2D eigenvalue weighted by atomic mass is 9.72. The van der Waals surface area contributed by atoms with E-state index in [0.29, 0.717) is 26.1 Å². The maximum Gasteiger partial charge on any atom is 0.130 e. The molecule has 2 aliphatic heterocycles. The Labute approximate surface area is 220 Å². The normalized spacial score (nSPS) is 19.6. The second-order valence-corrected chi connectivity index (χ2v) is 10.3. The molecule has 1 N–H and O–H groups in total. The zero-order chi connectivity index (χ0) is 25.4. The zero-order valence-corrected chi connectivity index (χ0v) is 21.4. The molecule has 2 saturated heterocycles. The number of aromatic nitrogens is 4. The van der Waals surface area contributed by atoms with Crippen molar-refractivity contribution >= 4 is 34.0 Å². The molecule has 37 heavy (non-hydrogen) atoms. The summed E-state index contributed by atoms with van der Waals surface area (Å²) in [6.45, 7) is 5.76. The van der Waals surface area contributed by atoms with Gasteiger partial charge in [-0.25, -0.2) is 4.98 Å². The molecule has 0 spiro atoms. The van der Waals surface area contributed by atoms with Gasteiger partial charge >= 0.3 is 0 Å².